The van der Waals surface area contributed by atoms with Crippen LogP contribution in [0.1, 0.15) is 119 Å². The van der Waals surface area contributed by atoms with Gasteiger partial charge in [0.25, 0.3) is 0 Å². The average molecular weight is 609 g/mol. The summed E-state index contributed by atoms with van der Waals surface area (Å²) < 4.78 is 68.8. The lowest BCUT2D eigenvalue weighted by Gasteiger charge is -2.27. The summed E-state index contributed by atoms with van der Waals surface area (Å²) in [5, 5.41) is 0. The summed E-state index contributed by atoms with van der Waals surface area (Å²) in [6.45, 7) is 4.16. The number of halogens is 4. The summed E-state index contributed by atoms with van der Waals surface area (Å²) in [5.41, 5.74) is 0.541. The number of benzene rings is 2. The van der Waals surface area contributed by atoms with Crippen molar-refractivity contribution in [3.63, 3.8) is 0 Å². The number of unbranched alkanes of at least 4 members (excludes halogenated alkanes) is 7. The number of hydrogen-bond acceptors (Lipinski definition) is 5. The molecule has 1 atom stereocenters. The van der Waals surface area contributed by atoms with Gasteiger partial charge in [0.05, 0.1) is 18.1 Å². The molecule has 9 heteroatoms. The number of rotatable bonds is 16. The SMILES string of the molecule is CCCCCCCCCCOc1ccc(C2CCC(C(=O)Oc3ccc(C(=O)O[C@H](CC)C(F)(F)F)c(F)c3)CC2)cc1. The minimum absolute atomic E-state index is 0.119. The van der Waals surface area contributed by atoms with Gasteiger partial charge in [-0.25, -0.2) is 9.18 Å². The Hall–Kier alpha value is -3.10. The van der Waals surface area contributed by atoms with E-state index in [0.29, 0.717) is 18.8 Å². The summed E-state index contributed by atoms with van der Waals surface area (Å²) >= 11 is 0. The zero-order valence-corrected chi connectivity index (χ0v) is 25.2. The number of alkyl halides is 3. The third-order valence-electron chi connectivity index (χ3n) is 8.04. The molecule has 1 fully saturated rings. The van der Waals surface area contributed by atoms with Crippen LogP contribution in [0.15, 0.2) is 42.5 Å². The number of carbonyl (C=O) groups is 2. The fourth-order valence-electron chi connectivity index (χ4n) is 5.42. The highest BCUT2D eigenvalue weighted by molar-refractivity contribution is 5.90. The molecule has 0 bridgehead atoms. The van der Waals surface area contributed by atoms with Gasteiger partial charge in [-0.1, -0.05) is 70.9 Å². The van der Waals surface area contributed by atoms with Crippen molar-refractivity contribution in [3.8, 4) is 11.5 Å². The fourth-order valence-corrected chi connectivity index (χ4v) is 5.42. The van der Waals surface area contributed by atoms with Crippen molar-refractivity contribution in [2.45, 2.75) is 116 Å². The Morgan fingerprint density at radius 2 is 1.44 bits per heavy atom. The fraction of sp³-hybridized carbons (Fsp3) is 0.588. The molecule has 1 aliphatic carbocycles. The van der Waals surface area contributed by atoms with Gasteiger partial charge in [-0.15, -0.1) is 0 Å². The average Bonchev–Trinajstić information content (AvgIpc) is 2.98. The van der Waals surface area contributed by atoms with Crippen molar-refractivity contribution in [3.05, 3.63) is 59.4 Å². The molecule has 0 heterocycles. The molecule has 0 aliphatic heterocycles. The van der Waals surface area contributed by atoms with Crippen LogP contribution < -0.4 is 9.47 Å². The molecule has 2 aromatic rings. The number of ether oxygens (including phenoxy) is 3. The third-order valence-corrected chi connectivity index (χ3v) is 8.04. The van der Waals surface area contributed by atoms with Gasteiger partial charge in [0.15, 0.2) is 6.10 Å². The quantitative estimate of drug-likeness (QED) is 0.0822. The Labute approximate surface area is 252 Å². The second-order valence-corrected chi connectivity index (χ2v) is 11.3. The molecule has 3 rings (SSSR count). The van der Waals surface area contributed by atoms with Crippen LogP contribution in [0.4, 0.5) is 17.6 Å². The predicted molar refractivity (Wildman–Crippen MR) is 157 cm³/mol. The van der Waals surface area contributed by atoms with Gasteiger partial charge in [0.2, 0.25) is 0 Å². The molecule has 0 saturated heterocycles. The molecule has 0 unspecified atom stereocenters. The second kappa shape index (κ2) is 17.3. The summed E-state index contributed by atoms with van der Waals surface area (Å²) in [4.78, 5) is 24.8. The maximum absolute atomic E-state index is 14.5. The van der Waals surface area contributed by atoms with Gasteiger partial charge < -0.3 is 14.2 Å². The van der Waals surface area contributed by atoms with Crippen molar-refractivity contribution >= 4 is 11.9 Å². The summed E-state index contributed by atoms with van der Waals surface area (Å²) in [5.74, 6) is -2.34. The second-order valence-electron chi connectivity index (χ2n) is 11.3. The van der Waals surface area contributed by atoms with Gasteiger partial charge in [0.1, 0.15) is 17.3 Å². The molecule has 1 saturated carbocycles. The van der Waals surface area contributed by atoms with Crippen molar-refractivity contribution in [2.24, 2.45) is 5.92 Å². The minimum Gasteiger partial charge on any atom is -0.494 e. The van der Waals surface area contributed by atoms with Gasteiger partial charge in [0, 0.05) is 6.07 Å². The number of carbonyl (C=O) groups excluding carboxylic acids is 2. The molecule has 0 aromatic heterocycles. The van der Waals surface area contributed by atoms with Gasteiger partial charge in [-0.2, -0.15) is 13.2 Å². The lowest BCUT2D eigenvalue weighted by Crippen LogP contribution is -2.33. The molecule has 0 spiro atoms. The van der Waals surface area contributed by atoms with E-state index < -0.39 is 42.0 Å². The summed E-state index contributed by atoms with van der Waals surface area (Å²) in [6.07, 6.45) is 5.32. The van der Waals surface area contributed by atoms with Crippen molar-refractivity contribution in [1.82, 2.24) is 0 Å². The molecular formula is C34H44F4O5. The van der Waals surface area contributed by atoms with Crippen LogP contribution in [0.25, 0.3) is 0 Å². The molecular weight excluding hydrogens is 564 g/mol. The van der Waals surface area contributed by atoms with Crippen molar-refractivity contribution in [1.29, 1.82) is 0 Å². The Bertz CT molecular complexity index is 1140. The molecule has 238 valence electrons. The molecule has 5 nitrogen and oxygen atoms in total. The Balaban J connectivity index is 1.39. The highest BCUT2D eigenvalue weighted by Crippen LogP contribution is 2.37. The van der Waals surface area contributed by atoms with E-state index in [-0.39, 0.29) is 11.7 Å². The summed E-state index contributed by atoms with van der Waals surface area (Å²) in [6, 6.07) is 11.1. The van der Waals surface area contributed by atoms with E-state index in [0.717, 1.165) is 43.8 Å². The first-order chi connectivity index (χ1) is 20.6. The van der Waals surface area contributed by atoms with E-state index in [1.807, 2.05) is 12.1 Å². The van der Waals surface area contributed by atoms with E-state index in [2.05, 4.69) is 23.8 Å². The Morgan fingerprint density at radius 3 is 2.02 bits per heavy atom. The normalized spacial score (nSPS) is 17.7. The van der Waals surface area contributed by atoms with Crippen molar-refractivity contribution < 1.29 is 41.4 Å². The highest BCUT2D eigenvalue weighted by atomic mass is 19.4. The van der Waals surface area contributed by atoms with Crippen LogP contribution in [0.5, 0.6) is 11.5 Å². The number of esters is 2. The topological polar surface area (TPSA) is 61.8 Å². The third kappa shape index (κ3) is 11.2. The molecule has 43 heavy (non-hydrogen) atoms. The summed E-state index contributed by atoms with van der Waals surface area (Å²) in [7, 11) is 0. The van der Waals surface area contributed by atoms with Crippen LogP contribution >= 0.6 is 0 Å². The van der Waals surface area contributed by atoms with E-state index in [4.69, 9.17) is 9.47 Å². The highest BCUT2D eigenvalue weighted by Gasteiger charge is 2.42. The van der Waals surface area contributed by atoms with E-state index in [1.54, 1.807) is 0 Å². The van der Waals surface area contributed by atoms with Crippen molar-refractivity contribution in [2.75, 3.05) is 6.61 Å². The monoisotopic (exact) mass is 608 g/mol. The maximum atomic E-state index is 14.5. The molecule has 0 amide bonds. The Kier molecular flexibility index (Phi) is 13.8. The first-order valence-electron chi connectivity index (χ1n) is 15.6. The Morgan fingerprint density at radius 1 is 0.837 bits per heavy atom. The van der Waals surface area contributed by atoms with Gasteiger partial charge in [-0.3, -0.25) is 4.79 Å². The van der Waals surface area contributed by atoms with E-state index >= 15 is 0 Å². The van der Waals surface area contributed by atoms with Gasteiger partial charge >= 0.3 is 18.1 Å². The predicted octanol–water partition coefficient (Wildman–Crippen LogP) is 9.72. The van der Waals surface area contributed by atoms with Gasteiger partial charge in [-0.05, 0) is 74.3 Å². The minimum atomic E-state index is -4.75. The lowest BCUT2D eigenvalue weighted by atomic mass is 9.79. The van der Waals surface area contributed by atoms with Crippen LogP contribution in [0, 0.1) is 11.7 Å². The standard InChI is InChI=1S/C34H44F4O5/c1-3-5-6-7-8-9-10-11-22-41-27-18-16-25(17-19-27)24-12-14-26(15-13-24)32(39)42-28-20-21-29(30(35)23-28)33(40)43-31(4-2)34(36,37)38/h16-21,23-24,26,31H,3-15,22H2,1-2H3/t24?,26?,31-/m1/s1. The van der Waals surface area contributed by atoms with E-state index in [1.165, 1.54) is 63.5 Å². The molecule has 0 radical (unpaired) electrons. The van der Waals surface area contributed by atoms with Crippen LogP contribution in [0.3, 0.4) is 0 Å². The smallest absolute Gasteiger partial charge is 0.425 e. The molecule has 2 aromatic carbocycles. The first-order valence-corrected chi connectivity index (χ1v) is 15.6. The lowest BCUT2D eigenvalue weighted by molar-refractivity contribution is -0.204. The zero-order valence-electron chi connectivity index (χ0n) is 25.2. The molecule has 1 aliphatic rings. The zero-order chi connectivity index (χ0) is 31.2. The maximum Gasteiger partial charge on any atom is 0.425 e. The van der Waals surface area contributed by atoms with Crippen LogP contribution in [-0.4, -0.2) is 30.8 Å². The van der Waals surface area contributed by atoms with Crippen LogP contribution in [0.2, 0.25) is 0 Å². The molecule has 0 N–H and O–H groups in total. The largest absolute Gasteiger partial charge is 0.494 e. The first kappa shape index (κ1) is 34.4. The number of hydrogen-bond donors (Lipinski definition) is 0. The van der Waals surface area contributed by atoms with E-state index in [9.17, 15) is 27.2 Å². The van der Waals surface area contributed by atoms with Crippen LogP contribution in [-0.2, 0) is 9.53 Å².